The number of nitrogens with one attached hydrogen (secondary N) is 1. The van der Waals surface area contributed by atoms with Crippen LogP contribution in [0.3, 0.4) is 0 Å². The Morgan fingerprint density at radius 3 is 2.59 bits per heavy atom. The number of methoxy groups -OCH3 is 1. The van der Waals surface area contributed by atoms with Gasteiger partial charge < -0.3 is 14.8 Å². The summed E-state index contributed by atoms with van der Waals surface area (Å²) >= 11 is 4.27. The predicted octanol–water partition coefficient (Wildman–Crippen LogP) is 3.64. The highest BCUT2D eigenvalue weighted by atomic mass is 79.9. The Bertz CT molecular complexity index is 874. The first-order valence-electron chi connectivity index (χ1n) is 8.27. The highest BCUT2D eigenvalue weighted by Crippen LogP contribution is 2.35. The number of aromatic nitrogens is 2. The quantitative estimate of drug-likeness (QED) is 0.636. The molecule has 0 aliphatic carbocycles. The van der Waals surface area contributed by atoms with Gasteiger partial charge in [-0.25, -0.2) is 9.59 Å². The molecule has 2 aromatic heterocycles. The Balaban J connectivity index is 2.45. The number of halogens is 1. The van der Waals surface area contributed by atoms with Crippen LogP contribution in [-0.4, -0.2) is 41.3 Å². The Kier molecular flexibility index (Phi) is 7.14. The van der Waals surface area contributed by atoms with Crippen LogP contribution in [0.25, 0.3) is 0 Å². The van der Waals surface area contributed by atoms with Crippen LogP contribution in [0.5, 0.6) is 0 Å². The van der Waals surface area contributed by atoms with E-state index in [1.54, 1.807) is 6.92 Å². The third kappa shape index (κ3) is 4.38. The van der Waals surface area contributed by atoms with Gasteiger partial charge in [0.25, 0.3) is 5.91 Å². The lowest BCUT2D eigenvalue weighted by Crippen LogP contribution is -2.19. The van der Waals surface area contributed by atoms with Crippen LogP contribution < -0.4 is 5.32 Å². The molecule has 0 atom stereocenters. The highest BCUT2D eigenvalue weighted by Gasteiger charge is 2.28. The van der Waals surface area contributed by atoms with Crippen molar-refractivity contribution < 1.29 is 23.9 Å². The number of thiophene rings is 1. The van der Waals surface area contributed by atoms with E-state index in [9.17, 15) is 14.4 Å². The molecule has 0 aliphatic heterocycles. The smallest absolute Gasteiger partial charge is 0.348 e. The first-order chi connectivity index (χ1) is 12.8. The van der Waals surface area contributed by atoms with E-state index in [2.05, 4.69) is 26.3 Å². The topological polar surface area (TPSA) is 99.5 Å². The molecule has 10 heteroatoms. The van der Waals surface area contributed by atoms with Crippen molar-refractivity contribution in [2.75, 3.05) is 19.0 Å². The average Bonchev–Trinajstić information content (AvgIpc) is 3.18. The van der Waals surface area contributed by atoms with Crippen LogP contribution in [0, 0.1) is 6.92 Å². The minimum atomic E-state index is -0.598. The Labute approximate surface area is 169 Å². The van der Waals surface area contributed by atoms with Gasteiger partial charge in [-0.1, -0.05) is 6.92 Å². The number of anilines is 1. The fourth-order valence-electron chi connectivity index (χ4n) is 2.39. The maximum Gasteiger partial charge on any atom is 0.348 e. The highest BCUT2D eigenvalue weighted by molar-refractivity contribution is 9.10. The molecule has 2 heterocycles. The molecule has 0 saturated heterocycles. The Morgan fingerprint density at radius 1 is 1.30 bits per heavy atom. The van der Waals surface area contributed by atoms with Crippen LogP contribution in [0.2, 0.25) is 0 Å². The van der Waals surface area contributed by atoms with Crippen LogP contribution in [-0.2, 0) is 16.0 Å². The van der Waals surface area contributed by atoms with Crippen LogP contribution in [0.15, 0.2) is 10.7 Å². The third-order valence-corrected chi connectivity index (χ3v) is 5.46. The van der Waals surface area contributed by atoms with Crippen molar-refractivity contribution in [1.29, 1.82) is 0 Å². The zero-order valence-electron chi connectivity index (χ0n) is 15.4. The van der Waals surface area contributed by atoms with Gasteiger partial charge >= 0.3 is 11.9 Å². The van der Waals surface area contributed by atoms with Crippen molar-refractivity contribution in [2.45, 2.75) is 33.7 Å². The second kappa shape index (κ2) is 9.14. The summed E-state index contributed by atoms with van der Waals surface area (Å²) in [7, 11) is 1.26. The van der Waals surface area contributed by atoms with Crippen LogP contribution in [0.4, 0.5) is 5.00 Å². The molecule has 2 aromatic rings. The standard InChI is InChI=1S/C17H20BrN3O5S/c1-5-7-26-16(23)11-9(3)13(17(24)25-4)27-15(11)20-14(22)12-10(18)8-19-21(12)6-2/h8H,5-7H2,1-4H3,(H,20,22). The number of hydrogen-bond acceptors (Lipinski definition) is 7. The summed E-state index contributed by atoms with van der Waals surface area (Å²) < 4.78 is 12.0. The number of rotatable bonds is 7. The van der Waals surface area contributed by atoms with Crippen molar-refractivity contribution >= 4 is 50.1 Å². The van der Waals surface area contributed by atoms with Gasteiger partial charge in [0, 0.05) is 6.54 Å². The minimum Gasteiger partial charge on any atom is -0.465 e. The van der Waals surface area contributed by atoms with Gasteiger partial charge in [-0.2, -0.15) is 5.10 Å². The third-order valence-electron chi connectivity index (χ3n) is 3.70. The summed E-state index contributed by atoms with van der Waals surface area (Å²) in [5.74, 6) is -1.63. The molecule has 0 unspecified atom stereocenters. The van der Waals surface area contributed by atoms with E-state index in [4.69, 9.17) is 9.47 Å². The van der Waals surface area contributed by atoms with E-state index in [1.165, 1.54) is 18.0 Å². The van der Waals surface area contributed by atoms with Crippen molar-refractivity contribution in [3.05, 3.63) is 32.4 Å². The lowest BCUT2D eigenvalue weighted by molar-refractivity contribution is 0.0506. The number of carbonyl (C=O) groups excluding carboxylic acids is 3. The summed E-state index contributed by atoms with van der Waals surface area (Å²) in [4.78, 5) is 37.5. The van der Waals surface area contributed by atoms with Crippen LogP contribution >= 0.6 is 27.3 Å². The molecule has 0 aromatic carbocycles. The number of carbonyl (C=O) groups is 3. The molecule has 0 spiro atoms. The summed E-state index contributed by atoms with van der Waals surface area (Å²) in [6.45, 7) is 6.08. The Hall–Kier alpha value is -2.20. The fraction of sp³-hybridized carbons (Fsp3) is 0.412. The van der Waals surface area contributed by atoms with E-state index in [-0.39, 0.29) is 22.0 Å². The largest absolute Gasteiger partial charge is 0.465 e. The summed E-state index contributed by atoms with van der Waals surface area (Å²) in [6, 6.07) is 0. The monoisotopic (exact) mass is 457 g/mol. The van der Waals surface area contributed by atoms with E-state index in [1.807, 2.05) is 13.8 Å². The van der Waals surface area contributed by atoms with Crippen molar-refractivity contribution in [1.82, 2.24) is 9.78 Å². The van der Waals surface area contributed by atoms with Gasteiger partial charge in [-0.15, -0.1) is 11.3 Å². The normalized spacial score (nSPS) is 10.6. The molecule has 0 radical (unpaired) electrons. The molecule has 0 bridgehead atoms. The number of ether oxygens (including phenoxy) is 2. The Morgan fingerprint density at radius 2 is 2.00 bits per heavy atom. The van der Waals surface area contributed by atoms with E-state index >= 15 is 0 Å². The van der Waals surface area contributed by atoms with Gasteiger partial charge in [-0.05, 0) is 41.8 Å². The maximum absolute atomic E-state index is 12.8. The first-order valence-corrected chi connectivity index (χ1v) is 9.88. The molecular formula is C17H20BrN3O5S. The molecule has 8 nitrogen and oxygen atoms in total. The van der Waals surface area contributed by atoms with E-state index in [0.29, 0.717) is 28.7 Å². The van der Waals surface area contributed by atoms with E-state index in [0.717, 1.165) is 11.3 Å². The predicted molar refractivity (Wildman–Crippen MR) is 105 cm³/mol. The summed E-state index contributed by atoms with van der Waals surface area (Å²) in [6.07, 6.45) is 2.18. The second-order valence-electron chi connectivity index (χ2n) is 5.50. The zero-order chi connectivity index (χ0) is 20.1. The molecule has 1 N–H and O–H groups in total. The van der Waals surface area contributed by atoms with Crippen molar-refractivity contribution in [2.24, 2.45) is 0 Å². The number of esters is 2. The lowest BCUT2D eigenvalue weighted by atomic mass is 10.1. The van der Waals surface area contributed by atoms with Gasteiger partial charge in [0.1, 0.15) is 15.6 Å². The zero-order valence-corrected chi connectivity index (χ0v) is 17.8. The lowest BCUT2D eigenvalue weighted by Gasteiger charge is -2.09. The minimum absolute atomic E-state index is 0.154. The fourth-order valence-corrected chi connectivity index (χ4v) is 3.98. The van der Waals surface area contributed by atoms with Crippen LogP contribution in [0.1, 0.15) is 56.3 Å². The number of hydrogen-bond donors (Lipinski definition) is 1. The molecule has 0 aliphatic rings. The molecule has 1 amide bonds. The van der Waals surface area contributed by atoms with Crippen molar-refractivity contribution in [3.8, 4) is 0 Å². The number of aryl methyl sites for hydroxylation is 1. The first kappa shape index (κ1) is 21.1. The molecular weight excluding hydrogens is 438 g/mol. The second-order valence-corrected chi connectivity index (χ2v) is 7.37. The summed E-state index contributed by atoms with van der Waals surface area (Å²) in [5.41, 5.74) is 0.878. The number of nitrogens with zero attached hydrogens (tertiary/aromatic N) is 2. The maximum atomic E-state index is 12.8. The molecule has 0 fully saturated rings. The van der Waals surface area contributed by atoms with Gasteiger partial charge in [0.2, 0.25) is 0 Å². The summed E-state index contributed by atoms with van der Waals surface area (Å²) in [5, 5.41) is 7.04. The average molecular weight is 458 g/mol. The van der Waals surface area contributed by atoms with E-state index < -0.39 is 17.8 Å². The van der Waals surface area contributed by atoms with Gasteiger partial charge in [-0.3, -0.25) is 9.48 Å². The van der Waals surface area contributed by atoms with Gasteiger partial charge in [0.05, 0.1) is 29.9 Å². The van der Waals surface area contributed by atoms with Crippen molar-refractivity contribution in [3.63, 3.8) is 0 Å². The molecule has 146 valence electrons. The molecule has 27 heavy (non-hydrogen) atoms. The SMILES string of the molecule is CCCOC(=O)c1c(NC(=O)c2c(Br)cnn2CC)sc(C(=O)OC)c1C. The molecule has 2 rings (SSSR count). The number of amides is 1. The molecule has 0 saturated carbocycles. The van der Waals surface area contributed by atoms with Gasteiger partial charge in [0.15, 0.2) is 0 Å².